The van der Waals surface area contributed by atoms with Gasteiger partial charge in [-0.2, -0.15) is 0 Å². The fraction of sp³-hybridized carbons (Fsp3) is 0.0632. The van der Waals surface area contributed by atoms with E-state index in [0.717, 1.165) is 76.9 Å². The molecule has 0 saturated carbocycles. The molecule has 0 unspecified atom stereocenters. The van der Waals surface area contributed by atoms with Crippen molar-refractivity contribution >= 4 is 91.7 Å². The van der Waals surface area contributed by atoms with E-state index in [0.29, 0.717) is 5.56 Å². The largest absolute Gasteiger partial charge is 0.512 e. The van der Waals surface area contributed by atoms with Crippen LogP contribution in [-0.2, 0) is 125 Å². The van der Waals surface area contributed by atoms with Crippen molar-refractivity contribution in [2.45, 2.75) is 41.5 Å². The van der Waals surface area contributed by atoms with E-state index in [9.17, 15) is 9.18 Å². The molecule has 112 heavy (non-hydrogen) atoms. The van der Waals surface area contributed by atoms with Crippen molar-refractivity contribution in [2.24, 2.45) is 0 Å². The summed E-state index contributed by atoms with van der Waals surface area (Å²) in [5.74, 6) is -0.300. The Hall–Kier alpha value is -8.90. The molecule has 18 aromatic rings. The first-order chi connectivity index (χ1) is 51.8. The quantitative estimate of drug-likeness (QED) is 0.0953. The molecule has 0 aliphatic rings. The van der Waals surface area contributed by atoms with Crippen LogP contribution < -0.4 is 0 Å². The minimum Gasteiger partial charge on any atom is -0.512 e. The van der Waals surface area contributed by atoms with Crippen LogP contribution in [0, 0.1) is 69.9 Å². The van der Waals surface area contributed by atoms with Gasteiger partial charge in [0.2, 0.25) is 0 Å². The second kappa shape index (κ2) is 46.3. The molecule has 0 saturated heterocycles. The standard InChI is InChI=1S/C17H14N.C16H11FN.C16H12N.C15H10N.2C13H8NS.C5H8O2.6Ir/c1-12-7-8-15(11-13(12)2)17-16-6-4-3-5-14(16)9-10-18-17;1-11-10-13(6-7-15(11)17)16-14-5-3-2-4-12(14)8-9-18-16;1-12-5-4-7-14(11-12)16-15-8-3-2-6-13(15)9-10-17-16;1-2-7-13(8-3-1)15-14-9-5-4-6-12(14)10-11-16-15;2*1-2-7-12-10(5-1)9-13(15-12)11-6-3-4-8-14-11;1-4(6)3-5(2)7;;;;;;/h3-7,9-11H,1-2H3;2-5,7-10H,1H3;2-6,8-11H,1H3;1-7,9-11H;2*1-8H;3,6H,1-2H3;;;;;;/q6*-1;;;;;;;. The first kappa shape index (κ1) is 92.0. The molecule has 0 spiro atoms. The number of aliphatic hydroxyl groups is 1. The molecule has 6 radical (unpaired) electrons. The van der Waals surface area contributed by atoms with Crippen LogP contribution in [0.5, 0.6) is 0 Å². The average molecular weight is 2570 g/mol. The van der Waals surface area contributed by atoms with Crippen molar-refractivity contribution in [3.8, 4) is 66.2 Å². The van der Waals surface area contributed by atoms with E-state index in [1.807, 2.05) is 189 Å². The number of thiophene rings is 2. The third kappa shape index (κ3) is 25.0. The summed E-state index contributed by atoms with van der Waals surface area (Å²) in [6, 6.07) is 110. The molecular weight excluding hydrogens is 2490 g/mol. The number of hydrogen-bond acceptors (Lipinski definition) is 10. The van der Waals surface area contributed by atoms with E-state index in [4.69, 9.17) is 5.11 Å². The molecule has 0 aliphatic heterocycles. The van der Waals surface area contributed by atoms with Gasteiger partial charge in [-0.05, 0) is 135 Å². The van der Waals surface area contributed by atoms with Crippen LogP contribution in [-0.4, -0.2) is 40.8 Å². The van der Waals surface area contributed by atoms with Crippen molar-refractivity contribution in [1.82, 2.24) is 29.9 Å². The smallest absolute Gasteiger partial charge is 0.155 e. The number of aliphatic hydroxyl groups excluding tert-OH is 1. The summed E-state index contributed by atoms with van der Waals surface area (Å²) in [7, 11) is 0. The zero-order chi connectivity index (χ0) is 73.6. The molecule has 1 N–H and O–H groups in total. The molecule has 0 fully saturated rings. The number of pyridine rings is 6. The molecule has 0 aliphatic carbocycles. The molecule has 8 nitrogen and oxygen atoms in total. The third-order valence-corrected chi connectivity index (χ3v) is 19.0. The van der Waals surface area contributed by atoms with Gasteiger partial charge in [-0.3, -0.25) is 9.18 Å². The number of rotatable bonds is 7. The number of carbonyl (C=O) groups is 1. The van der Waals surface area contributed by atoms with Gasteiger partial charge in [0, 0.05) is 181 Å². The number of nitrogens with zero attached hydrogens (tertiary/aromatic N) is 6. The van der Waals surface area contributed by atoms with Crippen LogP contribution in [0.3, 0.4) is 0 Å². The van der Waals surface area contributed by atoms with E-state index in [1.54, 1.807) is 41.9 Å². The van der Waals surface area contributed by atoms with Crippen molar-refractivity contribution in [1.29, 1.82) is 0 Å². The maximum Gasteiger partial charge on any atom is 0.155 e. The monoisotopic (exact) mass is 2570 g/mol. The van der Waals surface area contributed by atoms with Crippen LogP contribution in [0.25, 0.3) is 129 Å². The summed E-state index contributed by atoms with van der Waals surface area (Å²) in [5, 5.41) is 20.1. The van der Waals surface area contributed by atoms with Crippen molar-refractivity contribution in [2.75, 3.05) is 0 Å². The zero-order valence-corrected chi connectivity index (χ0v) is 77.3. The van der Waals surface area contributed by atoms with Gasteiger partial charge in [-0.1, -0.05) is 179 Å². The molecule has 0 amide bonds. The van der Waals surface area contributed by atoms with E-state index in [1.165, 1.54) is 95.2 Å². The zero-order valence-electron chi connectivity index (χ0n) is 61.3. The van der Waals surface area contributed by atoms with Crippen LogP contribution in [0.2, 0.25) is 0 Å². The van der Waals surface area contributed by atoms with E-state index in [2.05, 4.69) is 190 Å². The second-order valence-corrected chi connectivity index (χ2v) is 26.7. The van der Waals surface area contributed by atoms with Crippen molar-refractivity contribution in [3.05, 3.63) is 386 Å². The normalized spacial score (nSPS) is 10.2. The maximum atomic E-state index is 13.3. The van der Waals surface area contributed by atoms with Gasteiger partial charge in [0.1, 0.15) is 0 Å². The van der Waals surface area contributed by atoms with Crippen LogP contribution in [0.4, 0.5) is 4.39 Å². The summed E-state index contributed by atoms with van der Waals surface area (Å²) < 4.78 is 15.8. The van der Waals surface area contributed by atoms with Crippen LogP contribution >= 0.6 is 22.7 Å². The minimum absolute atomic E-state index is 0. The molecule has 18 rings (SSSR count). The minimum atomic E-state index is -0.237. The summed E-state index contributed by atoms with van der Waals surface area (Å²) in [4.78, 5) is 38.7. The fourth-order valence-corrected chi connectivity index (χ4v) is 13.4. The van der Waals surface area contributed by atoms with Gasteiger partial charge >= 0.3 is 0 Å². The Kier molecular flexibility index (Phi) is 38.0. The fourth-order valence-electron chi connectivity index (χ4n) is 11.5. The topological polar surface area (TPSA) is 115 Å². The number of allylic oxidation sites excluding steroid dienone is 2. The Labute approximate surface area is 742 Å². The molecular formula is C95H71FIr6N6O2S2-6. The predicted molar refractivity (Wildman–Crippen MR) is 438 cm³/mol. The first-order valence-corrected chi connectivity index (χ1v) is 35.9. The number of fused-ring (bicyclic) bond motifs is 6. The number of carbonyl (C=O) groups excluding carboxylic acids is 1. The maximum absolute atomic E-state index is 13.3. The molecule has 8 heterocycles. The Morgan fingerprint density at radius 3 is 1.11 bits per heavy atom. The summed E-state index contributed by atoms with van der Waals surface area (Å²) in [5.41, 5.74) is 14.2. The number of halogens is 1. The van der Waals surface area contributed by atoms with Crippen molar-refractivity contribution in [3.63, 3.8) is 0 Å². The summed E-state index contributed by atoms with van der Waals surface area (Å²) >= 11 is 3.46. The second-order valence-electron chi connectivity index (χ2n) is 24.6. The van der Waals surface area contributed by atoms with E-state index in [-0.39, 0.29) is 138 Å². The SMILES string of the molecule is CC(=O)C=C(C)O.Cc1c[c-]c(-c2nccc3ccccc23)cc1C.Cc1cc(-c2nccc3ccccc23)[c-]cc1F.Cc1cc[c-]c(-c2nccc3ccccc23)c1.[Ir].[Ir].[Ir].[Ir].[Ir].[Ir].[c-]1c(-c2ccccn2)sc2ccccc12.[c-]1c(-c2ccccn2)sc2ccccc12.[c-]1ccccc1-c1nccc2ccccc12. The van der Waals surface area contributed by atoms with Gasteiger partial charge < -0.3 is 35.0 Å². The Balaban J connectivity index is 0.000000204. The van der Waals surface area contributed by atoms with E-state index < -0.39 is 0 Å². The molecule has 0 bridgehead atoms. The summed E-state index contributed by atoms with van der Waals surface area (Å²) in [6.07, 6.45) is 12.1. The number of ketones is 1. The average Bonchev–Trinajstić information content (AvgIpc) is 1.32. The number of hydrogen-bond donors (Lipinski definition) is 1. The summed E-state index contributed by atoms with van der Waals surface area (Å²) in [6.45, 7) is 10.9. The Morgan fingerprint density at radius 2 is 0.741 bits per heavy atom. The van der Waals surface area contributed by atoms with Gasteiger partial charge in [-0.15, -0.1) is 177 Å². The van der Waals surface area contributed by atoms with Crippen LogP contribution in [0.15, 0.2) is 322 Å². The third-order valence-electron chi connectivity index (χ3n) is 16.8. The Bertz CT molecular complexity index is 5710. The number of benzene rings is 10. The van der Waals surface area contributed by atoms with Gasteiger partial charge in [0.15, 0.2) is 5.78 Å². The van der Waals surface area contributed by atoms with Crippen LogP contribution in [0.1, 0.15) is 36.1 Å². The molecule has 0 atom stereocenters. The Morgan fingerprint density at radius 1 is 0.366 bits per heavy atom. The van der Waals surface area contributed by atoms with Gasteiger partial charge in [0.25, 0.3) is 0 Å². The molecule has 572 valence electrons. The van der Waals surface area contributed by atoms with Gasteiger partial charge in [0.05, 0.1) is 5.76 Å². The molecule has 8 aromatic heterocycles. The molecule has 10 aromatic carbocycles. The number of aromatic nitrogens is 6. The van der Waals surface area contributed by atoms with E-state index >= 15 is 0 Å². The first-order valence-electron chi connectivity index (χ1n) is 34.3. The predicted octanol–water partition coefficient (Wildman–Crippen LogP) is 24.7. The number of aryl methyl sites for hydroxylation is 4. The van der Waals surface area contributed by atoms with Gasteiger partial charge in [-0.25, -0.2) is 22.7 Å². The van der Waals surface area contributed by atoms with Crippen molar-refractivity contribution < 1.29 is 135 Å². The molecule has 17 heteroatoms.